The van der Waals surface area contributed by atoms with Gasteiger partial charge in [0.2, 0.25) is 0 Å². The molecule has 0 fully saturated rings. The molecule has 0 radical (unpaired) electrons. The predicted molar refractivity (Wildman–Crippen MR) is 130 cm³/mol. The number of unbranched alkanes of at least 4 members (excludes halogenated alkanes) is 1. The van der Waals surface area contributed by atoms with Gasteiger partial charge in [-0.25, -0.2) is 4.98 Å². The molecule has 0 amide bonds. The van der Waals surface area contributed by atoms with Gasteiger partial charge in [-0.05, 0) is 56.2 Å². The van der Waals surface area contributed by atoms with Crippen molar-refractivity contribution in [3.05, 3.63) is 58.0 Å². The molecule has 0 aliphatic heterocycles. The number of hydrogen-bond donors (Lipinski definition) is 2. The van der Waals surface area contributed by atoms with Crippen LogP contribution in [0.2, 0.25) is 0 Å². The summed E-state index contributed by atoms with van der Waals surface area (Å²) in [7, 11) is 3.23. The van der Waals surface area contributed by atoms with Crippen molar-refractivity contribution in [2.75, 3.05) is 45.7 Å². The summed E-state index contributed by atoms with van der Waals surface area (Å²) < 4.78 is 10.7. The Morgan fingerprint density at radius 3 is 2.38 bits per heavy atom. The molecule has 172 valence electrons. The lowest BCUT2D eigenvalue weighted by Gasteiger charge is -2.17. The molecule has 0 bridgehead atoms. The minimum atomic E-state index is -0.101. The van der Waals surface area contributed by atoms with Gasteiger partial charge in [-0.1, -0.05) is 13.8 Å². The van der Waals surface area contributed by atoms with Gasteiger partial charge in [0.15, 0.2) is 0 Å². The third kappa shape index (κ3) is 6.23. The Balaban J connectivity index is 1.67. The van der Waals surface area contributed by atoms with Crippen molar-refractivity contribution in [1.29, 1.82) is 0 Å². The smallest absolute Gasteiger partial charge is 0.251 e. The molecule has 1 aromatic carbocycles. The molecule has 32 heavy (non-hydrogen) atoms. The standard InChI is InChI=1S/C25H34N4O3/c1-5-29(6-2)10-8-7-9-26-24-16-23-20(17-27-24)14-19(25(30)28-23)11-18-12-21(31-3)15-22(13-18)32-4/h12-17H,5-11H2,1-4H3,(H,26,27)(H,28,30). The van der Waals surface area contributed by atoms with Crippen molar-refractivity contribution in [1.82, 2.24) is 14.9 Å². The van der Waals surface area contributed by atoms with Crippen LogP contribution in [0.15, 0.2) is 41.3 Å². The number of rotatable bonds is 12. The van der Waals surface area contributed by atoms with Gasteiger partial charge < -0.3 is 24.7 Å². The van der Waals surface area contributed by atoms with Crippen LogP contribution >= 0.6 is 0 Å². The highest BCUT2D eigenvalue weighted by Crippen LogP contribution is 2.24. The fourth-order valence-corrected chi connectivity index (χ4v) is 3.78. The third-order valence-corrected chi connectivity index (χ3v) is 5.71. The first-order valence-electron chi connectivity index (χ1n) is 11.3. The number of nitrogens with zero attached hydrogens (tertiary/aromatic N) is 2. The van der Waals surface area contributed by atoms with Crippen molar-refractivity contribution >= 4 is 16.7 Å². The Kier molecular flexibility index (Phi) is 8.50. The van der Waals surface area contributed by atoms with E-state index in [2.05, 4.69) is 34.0 Å². The molecule has 7 nitrogen and oxygen atoms in total. The first-order valence-corrected chi connectivity index (χ1v) is 11.3. The van der Waals surface area contributed by atoms with Crippen LogP contribution in [0.5, 0.6) is 11.5 Å². The van der Waals surface area contributed by atoms with Crippen LogP contribution in [-0.4, -0.2) is 55.3 Å². The zero-order chi connectivity index (χ0) is 22.9. The molecule has 2 aromatic heterocycles. The fraction of sp³-hybridized carbons (Fsp3) is 0.440. The van der Waals surface area contributed by atoms with Crippen LogP contribution in [0.3, 0.4) is 0 Å². The fourth-order valence-electron chi connectivity index (χ4n) is 3.78. The van der Waals surface area contributed by atoms with Crippen molar-refractivity contribution in [2.24, 2.45) is 0 Å². The Bertz CT molecular complexity index is 1050. The van der Waals surface area contributed by atoms with Crippen LogP contribution < -0.4 is 20.3 Å². The number of H-pyrrole nitrogens is 1. The van der Waals surface area contributed by atoms with E-state index in [9.17, 15) is 4.79 Å². The molecular formula is C25H34N4O3. The van der Waals surface area contributed by atoms with Crippen LogP contribution in [0.4, 0.5) is 5.82 Å². The minimum Gasteiger partial charge on any atom is -0.497 e. The van der Waals surface area contributed by atoms with E-state index in [-0.39, 0.29) is 5.56 Å². The van der Waals surface area contributed by atoms with Crippen LogP contribution in [0, 0.1) is 0 Å². The first kappa shape index (κ1) is 23.6. The largest absolute Gasteiger partial charge is 0.497 e. The van der Waals surface area contributed by atoms with Crippen molar-refractivity contribution in [3.63, 3.8) is 0 Å². The van der Waals surface area contributed by atoms with Gasteiger partial charge in [0.25, 0.3) is 5.56 Å². The summed E-state index contributed by atoms with van der Waals surface area (Å²) in [5.41, 5.74) is 2.30. The summed E-state index contributed by atoms with van der Waals surface area (Å²) in [6, 6.07) is 9.45. The maximum atomic E-state index is 12.7. The molecule has 3 aromatic rings. The van der Waals surface area contributed by atoms with Gasteiger partial charge in [-0.15, -0.1) is 0 Å². The Hall–Kier alpha value is -3.06. The first-order chi connectivity index (χ1) is 15.6. The molecule has 0 atom stereocenters. The Morgan fingerprint density at radius 1 is 1.00 bits per heavy atom. The summed E-state index contributed by atoms with van der Waals surface area (Å²) in [5, 5.41) is 4.27. The lowest BCUT2D eigenvalue weighted by Crippen LogP contribution is -2.24. The molecule has 0 unspecified atom stereocenters. The average Bonchev–Trinajstić information content (AvgIpc) is 2.81. The van der Waals surface area contributed by atoms with Gasteiger partial charge in [0, 0.05) is 42.2 Å². The van der Waals surface area contributed by atoms with Gasteiger partial charge in [0.05, 0.1) is 19.7 Å². The van der Waals surface area contributed by atoms with E-state index < -0.39 is 0 Å². The topological polar surface area (TPSA) is 79.5 Å². The summed E-state index contributed by atoms with van der Waals surface area (Å²) in [4.78, 5) is 22.7. The Morgan fingerprint density at radius 2 is 1.72 bits per heavy atom. The number of pyridine rings is 2. The quantitative estimate of drug-likeness (QED) is 0.415. The van der Waals surface area contributed by atoms with Gasteiger partial charge in [-0.2, -0.15) is 0 Å². The third-order valence-electron chi connectivity index (χ3n) is 5.71. The second-order valence-corrected chi connectivity index (χ2v) is 7.84. The normalized spacial score (nSPS) is 11.2. The van der Waals surface area contributed by atoms with Gasteiger partial charge in [-0.3, -0.25) is 4.79 Å². The molecule has 0 spiro atoms. The van der Waals surface area contributed by atoms with E-state index in [0.717, 1.165) is 61.3 Å². The van der Waals surface area contributed by atoms with Crippen LogP contribution in [0.25, 0.3) is 10.9 Å². The van der Waals surface area contributed by atoms with Crippen molar-refractivity contribution < 1.29 is 9.47 Å². The monoisotopic (exact) mass is 438 g/mol. The van der Waals surface area contributed by atoms with E-state index in [1.165, 1.54) is 0 Å². The summed E-state index contributed by atoms with van der Waals surface area (Å²) in [5.74, 6) is 2.18. The number of ether oxygens (including phenoxy) is 2. The molecule has 0 saturated heterocycles. The molecule has 0 aliphatic rings. The summed E-state index contributed by atoms with van der Waals surface area (Å²) in [6.07, 6.45) is 4.51. The number of aromatic nitrogens is 2. The highest BCUT2D eigenvalue weighted by Gasteiger charge is 2.09. The second-order valence-electron chi connectivity index (χ2n) is 7.84. The zero-order valence-corrected chi connectivity index (χ0v) is 19.5. The number of nitrogens with one attached hydrogen (secondary N) is 2. The molecule has 2 heterocycles. The van der Waals surface area contributed by atoms with E-state index in [1.807, 2.05) is 30.3 Å². The number of methoxy groups -OCH3 is 2. The van der Waals surface area contributed by atoms with Gasteiger partial charge in [0.1, 0.15) is 17.3 Å². The minimum absolute atomic E-state index is 0.101. The SMILES string of the molecule is CCN(CC)CCCCNc1cc2[nH]c(=O)c(Cc3cc(OC)cc(OC)c3)cc2cn1. The number of benzene rings is 1. The van der Waals surface area contributed by atoms with E-state index >= 15 is 0 Å². The highest BCUT2D eigenvalue weighted by atomic mass is 16.5. The average molecular weight is 439 g/mol. The maximum Gasteiger partial charge on any atom is 0.251 e. The summed E-state index contributed by atoms with van der Waals surface area (Å²) >= 11 is 0. The van der Waals surface area contributed by atoms with Crippen LogP contribution in [-0.2, 0) is 6.42 Å². The number of aromatic amines is 1. The lowest BCUT2D eigenvalue weighted by molar-refractivity contribution is 0.298. The molecule has 0 saturated carbocycles. The predicted octanol–water partition coefficient (Wildman–Crippen LogP) is 4.07. The number of anilines is 1. The molecular weight excluding hydrogens is 404 g/mol. The van der Waals surface area contributed by atoms with Gasteiger partial charge >= 0.3 is 0 Å². The second kappa shape index (κ2) is 11.5. The molecule has 3 rings (SSSR count). The molecule has 2 N–H and O–H groups in total. The highest BCUT2D eigenvalue weighted by molar-refractivity contribution is 5.80. The van der Waals surface area contributed by atoms with E-state index in [4.69, 9.17) is 9.47 Å². The van der Waals surface area contributed by atoms with Crippen molar-refractivity contribution in [3.8, 4) is 11.5 Å². The van der Waals surface area contributed by atoms with Crippen molar-refractivity contribution in [2.45, 2.75) is 33.1 Å². The zero-order valence-electron chi connectivity index (χ0n) is 19.5. The maximum absolute atomic E-state index is 12.7. The number of hydrogen-bond acceptors (Lipinski definition) is 6. The molecule has 7 heteroatoms. The van der Waals surface area contributed by atoms with Crippen LogP contribution in [0.1, 0.15) is 37.8 Å². The molecule has 0 aliphatic carbocycles. The van der Waals surface area contributed by atoms with E-state index in [1.54, 1.807) is 20.4 Å². The summed E-state index contributed by atoms with van der Waals surface area (Å²) in [6.45, 7) is 8.56. The van der Waals surface area contributed by atoms with E-state index in [0.29, 0.717) is 23.5 Å². The Labute approximate surface area is 189 Å². The lowest BCUT2D eigenvalue weighted by atomic mass is 10.0. The number of fused-ring (bicyclic) bond motifs is 1.